The van der Waals surface area contributed by atoms with Crippen LogP contribution in [0.25, 0.3) is 0 Å². The highest BCUT2D eigenvalue weighted by atomic mass is 16.5. The lowest BCUT2D eigenvalue weighted by atomic mass is 10.4. The number of ether oxygens (including phenoxy) is 2. The van der Waals surface area contributed by atoms with Crippen molar-refractivity contribution in [1.82, 2.24) is 5.32 Å². The van der Waals surface area contributed by atoms with Gasteiger partial charge in [-0.1, -0.05) is 20.1 Å². The Morgan fingerprint density at radius 1 is 1.32 bits per heavy atom. The monoisotopic (exact) mass is 271 g/mol. The summed E-state index contributed by atoms with van der Waals surface area (Å²) in [5.41, 5.74) is 0. The van der Waals surface area contributed by atoms with Crippen LogP contribution in [-0.2, 0) is 23.9 Å². The summed E-state index contributed by atoms with van der Waals surface area (Å²) in [7, 11) is 0. The van der Waals surface area contributed by atoms with Crippen LogP contribution in [0.1, 0.15) is 33.1 Å². The molecule has 6 nitrogen and oxygen atoms in total. The lowest BCUT2D eigenvalue weighted by molar-refractivity contribution is -0.137. The number of carbonyl (C=O) groups is 3. The van der Waals surface area contributed by atoms with Crippen LogP contribution in [0.2, 0.25) is 0 Å². The van der Waals surface area contributed by atoms with Crippen LogP contribution in [-0.4, -0.2) is 24.4 Å². The Labute approximate surface area is 113 Å². The first-order chi connectivity index (χ1) is 8.97. The van der Waals surface area contributed by atoms with Crippen LogP contribution in [0.3, 0.4) is 0 Å². The van der Waals surface area contributed by atoms with Crippen molar-refractivity contribution in [3.63, 3.8) is 0 Å². The molecule has 0 aliphatic carbocycles. The van der Waals surface area contributed by atoms with E-state index in [1.807, 2.05) is 0 Å². The van der Waals surface area contributed by atoms with E-state index in [1.165, 1.54) is 6.92 Å². The number of rotatable bonds is 3. The topological polar surface area (TPSA) is 81.7 Å². The number of esters is 2. The van der Waals surface area contributed by atoms with Gasteiger partial charge in [-0.2, -0.15) is 0 Å². The van der Waals surface area contributed by atoms with Crippen molar-refractivity contribution in [2.45, 2.75) is 33.1 Å². The summed E-state index contributed by atoms with van der Waals surface area (Å²) in [6.07, 6.45) is 4.40. The van der Waals surface area contributed by atoms with Crippen LogP contribution in [0.15, 0.2) is 25.7 Å². The zero-order valence-corrected chi connectivity index (χ0v) is 11.4. The molecule has 0 aromatic carbocycles. The van der Waals surface area contributed by atoms with Gasteiger partial charge in [-0.15, -0.1) is 0 Å². The Bertz CT molecular complexity index is 304. The van der Waals surface area contributed by atoms with Crippen LogP contribution in [0, 0.1) is 0 Å². The Hall–Kier alpha value is -2.11. The number of hydrogen-bond acceptors (Lipinski definition) is 5. The van der Waals surface area contributed by atoms with Gasteiger partial charge in [0.2, 0.25) is 5.91 Å². The van der Waals surface area contributed by atoms with E-state index in [9.17, 15) is 14.4 Å². The molecule has 1 fully saturated rings. The molecule has 0 spiro atoms. The van der Waals surface area contributed by atoms with E-state index < -0.39 is 0 Å². The number of nitrogens with one attached hydrogen (secondary N) is 1. The number of carbonyl (C=O) groups excluding carboxylic acids is 3. The summed E-state index contributed by atoms with van der Waals surface area (Å²) < 4.78 is 8.48. The molecule has 0 unspecified atom stereocenters. The lowest BCUT2D eigenvalue weighted by Gasteiger charge is -1.88. The minimum Gasteiger partial charge on any atom is -0.435 e. The van der Waals surface area contributed by atoms with Gasteiger partial charge in [0.1, 0.15) is 0 Å². The first-order valence-corrected chi connectivity index (χ1v) is 5.83. The SMILES string of the molecule is C=COC(=O)CC.C=COC(C)=O.O=C1CCCN1. The summed E-state index contributed by atoms with van der Waals surface area (Å²) in [5, 5.41) is 2.68. The van der Waals surface area contributed by atoms with Gasteiger partial charge in [0.15, 0.2) is 0 Å². The summed E-state index contributed by atoms with van der Waals surface area (Å²) in [5.74, 6) is -0.366. The van der Waals surface area contributed by atoms with E-state index in [4.69, 9.17) is 0 Å². The lowest BCUT2D eigenvalue weighted by Crippen LogP contribution is -2.12. The third-order valence-corrected chi connectivity index (χ3v) is 1.66. The largest absolute Gasteiger partial charge is 0.435 e. The molecule has 1 aliphatic heterocycles. The predicted molar refractivity (Wildman–Crippen MR) is 70.8 cm³/mol. The van der Waals surface area contributed by atoms with E-state index in [0.717, 1.165) is 31.9 Å². The maximum atomic E-state index is 10.1. The second-order valence-corrected chi connectivity index (χ2v) is 3.24. The third-order valence-electron chi connectivity index (χ3n) is 1.66. The number of amides is 1. The van der Waals surface area contributed by atoms with E-state index in [0.29, 0.717) is 6.42 Å². The molecule has 0 aromatic rings. The maximum absolute atomic E-state index is 10.1. The molecule has 0 aromatic heterocycles. The fourth-order valence-corrected chi connectivity index (χ4v) is 0.859. The first kappa shape index (κ1) is 19.2. The highest BCUT2D eigenvalue weighted by Crippen LogP contribution is 1.93. The minimum absolute atomic E-state index is 0.204. The smallest absolute Gasteiger partial charge is 0.310 e. The van der Waals surface area contributed by atoms with Gasteiger partial charge in [-0.3, -0.25) is 14.4 Å². The Morgan fingerprint density at radius 3 is 2.00 bits per heavy atom. The van der Waals surface area contributed by atoms with Crippen LogP contribution in [0.5, 0.6) is 0 Å². The van der Waals surface area contributed by atoms with Crippen LogP contribution < -0.4 is 5.32 Å². The van der Waals surface area contributed by atoms with Gasteiger partial charge >= 0.3 is 11.9 Å². The van der Waals surface area contributed by atoms with E-state index in [1.54, 1.807) is 6.92 Å². The van der Waals surface area contributed by atoms with Gasteiger partial charge < -0.3 is 14.8 Å². The van der Waals surface area contributed by atoms with Crippen molar-refractivity contribution in [3.8, 4) is 0 Å². The summed E-state index contributed by atoms with van der Waals surface area (Å²) in [6, 6.07) is 0. The highest BCUT2D eigenvalue weighted by Gasteiger charge is 2.05. The standard InChI is InChI=1S/C5H8O2.C4H7NO.C4H6O2/c1-3-5(6)7-4-2;6-4-2-1-3-5-4;1-3-6-4(2)5/h4H,2-3H2,1H3;1-3H2,(H,5,6);3H,1H2,2H3. The molecule has 6 heteroatoms. The molecule has 1 saturated heterocycles. The molecular formula is C13H21NO5. The van der Waals surface area contributed by atoms with Crippen molar-refractivity contribution in [2.75, 3.05) is 6.54 Å². The summed E-state index contributed by atoms with van der Waals surface area (Å²) in [4.78, 5) is 30.0. The summed E-state index contributed by atoms with van der Waals surface area (Å²) >= 11 is 0. The van der Waals surface area contributed by atoms with Gasteiger partial charge in [0, 0.05) is 26.3 Å². The van der Waals surface area contributed by atoms with Crippen molar-refractivity contribution < 1.29 is 23.9 Å². The third kappa shape index (κ3) is 18.5. The fraction of sp³-hybridized carbons (Fsp3) is 0.462. The minimum atomic E-state index is -0.329. The zero-order valence-electron chi connectivity index (χ0n) is 11.4. The molecule has 1 rings (SSSR count). The molecule has 0 radical (unpaired) electrons. The molecule has 1 heterocycles. The fourth-order valence-electron chi connectivity index (χ4n) is 0.859. The average Bonchev–Trinajstić information content (AvgIpc) is 2.82. The molecule has 108 valence electrons. The van der Waals surface area contributed by atoms with E-state index in [2.05, 4.69) is 27.9 Å². The molecule has 0 bridgehead atoms. The van der Waals surface area contributed by atoms with Crippen molar-refractivity contribution in [2.24, 2.45) is 0 Å². The Morgan fingerprint density at radius 2 is 1.89 bits per heavy atom. The second-order valence-electron chi connectivity index (χ2n) is 3.24. The molecule has 1 aliphatic rings. The molecule has 1 N–H and O–H groups in total. The quantitative estimate of drug-likeness (QED) is 0.623. The Kier molecular flexibility index (Phi) is 14.1. The number of hydrogen-bond donors (Lipinski definition) is 1. The Balaban J connectivity index is 0. The van der Waals surface area contributed by atoms with Crippen molar-refractivity contribution in [3.05, 3.63) is 25.7 Å². The maximum Gasteiger partial charge on any atom is 0.310 e. The van der Waals surface area contributed by atoms with Crippen molar-refractivity contribution in [1.29, 1.82) is 0 Å². The van der Waals surface area contributed by atoms with E-state index >= 15 is 0 Å². The first-order valence-electron chi connectivity index (χ1n) is 5.83. The van der Waals surface area contributed by atoms with Crippen LogP contribution >= 0.6 is 0 Å². The predicted octanol–water partition coefficient (Wildman–Crippen LogP) is 1.67. The molecule has 19 heavy (non-hydrogen) atoms. The van der Waals surface area contributed by atoms with Gasteiger partial charge in [0.25, 0.3) is 0 Å². The van der Waals surface area contributed by atoms with Gasteiger partial charge in [-0.05, 0) is 6.42 Å². The summed E-state index contributed by atoms with van der Waals surface area (Å²) in [6.45, 7) is 10.3. The second kappa shape index (κ2) is 14.0. The average molecular weight is 271 g/mol. The zero-order chi connectivity index (χ0) is 15.1. The van der Waals surface area contributed by atoms with Gasteiger partial charge in [0.05, 0.1) is 12.5 Å². The molecule has 1 amide bonds. The normalized spacial score (nSPS) is 11.6. The molecule has 0 saturated carbocycles. The van der Waals surface area contributed by atoms with Crippen molar-refractivity contribution >= 4 is 17.8 Å². The van der Waals surface area contributed by atoms with E-state index in [-0.39, 0.29) is 17.8 Å². The highest BCUT2D eigenvalue weighted by molar-refractivity contribution is 5.77. The van der Waals surface area contributed by atoms with Gasteiger partial charge in [-0.25, -0.2) is 0 Å². The van der Waals surface area contributed by atoms with Crippen LogP contribution in [0.4, 0.5) is 0 Å². The molecule has 0 atom stereocenters. The molecular weight excluding hydrogens is 250 g/mol.